The fourth-order valence-corrected chi connectivity index (χ4v) is 1.71. The molecule has 2 N–H and O–H groups in total. The van der Waals surface area contributed by atoms with Gasteiger partial charge in [-0.15, -0.1) is 0 Å². The van der Waals surface area contributed by atoms with Crippen molar-refractivity contribution in [3.05, 3.63) is 36.7 Å². The number of nitrogen functional groups attached to an aromatic ring is 1. The molecule has 94 valence electrons. The minimum atomic E-state index is 0.731. The van der Waals surface area contributed by atoms with Crippen LogP contribution in [0.15, 0.2) is 46.9 Å². The van der Waals surface area contributed by atoms with Gasteiger partial charge in [-0.2, -0.15) is 0 Å². The van der Waals surface area contributed by atoms with Crippen LogP contribution in [-0.2, 0) is 13.1 Å². The minimum Gasteiger partial charge on any atom is -0.399 e. The quantitative estimate of drug-likeness (QED) is 0.502. The number of imidazole rings is 1. The van der Waals surface area contributed by atoms with Crippen molar-refractivity contribution in [1.29, 1.82) is 0 Å². The van der Waals surface area contributed by atoms with Gasteiger partial charge in [-0.25, -0.2) is 9.13 Å². The molecule has 0 radical (unpaired) electrons. The van der Waals surface area contributed by atoms with Crippen molar-refractivity contribution in [1.82, 2.24) is 4.57 Å². The third-order valence-electron chi connectivity index (χ3n) is 2.77. The summed E-state index contributed by atoms with van der Waals surface area (Å²) in [4.78, 5) is 0. The number of nitrogens with two attached hydrogens (primary N) is 1. The van der Waals surface area contributed by atoms with Crippen LogP contribution in [0.4, 0.5) is 17.3 Å². The second-order valence-electron chi connectivity index (χ2n) is 3.96. The van der Waals surface area contributed by atoms with Gasteiger partial charge in [0.2, 0.25) is 0 Å². The molecular formula is C13H18N5+. The van der Waals surface area contributed by atoms with Crippen molar-refractivity contribution >= 4 is 17.3 Å². The highest BCUT2D eigenvalue weighted by molar-refractivity contribution is 5.47. The van der Waals surface area contributed by atoms with E-state index in [2.05, 4.69) is 33.2 Å². The van der Waals surface area contributed by atoms with E-state index in [4.69, 9.17) is 5.73 Å². The predicted octanol–water partition coefficient (Wildman–Crippen LogP) is 2.81. The van der Waals surface area contributed by atoms with Gasteiger partial charge in [0.1, 0.15) is 5.69 Å². The molecule has 5 heteroatoms. The van der Waals surface area contributed by atoms with Crippen LogP contribution >= 0.6 is 0 Å². The van der Waals surface area contributed by atoms with E-state index in [1.54, 1.807) is 0 Å². The lowest BCUT2D eigenvalue weighted by atomic mass is 10.3. The Hall–Kier alpha value is -2.17. The van der Waals surface area contributed by atoms with Crippen molar-refractivity contribution in [2.75, 3.05) is 5.73 Å². The Morgan fingerprint density at radius 2 is 1.89 bits per heavy atom. The molecule has 0 saturated heterocycles. The van der Waals surface area contributed by atoms with Crippen LogP contribution < -0.4 is 10.3 Å². The summed E-state index contributed by atoms with van der Waals surface area (Å²) in [7, 11) is 0. The van der Waals surface area contributed by atoms with E-state index in [1.165, 1.54) is 0 Å². The van der Waals surface area contributed by atoms with Crippen molar-refractivity contribution in [3.8, 4) is 0 Å². The number of aryl methyl sites for hydroxylation is 2. The Morgan fingerprint density at radius 1 is 1.17 bits per heavy atom. The molecule has 0 saturated carbocycles. The molecule has 0 spiro atoms. The summed E-state index contributed by atoms with van der Waals surface area (Å²) < 4.78 is 4.12. The number of aromatic nitrogens is 2. The average Bonchev–Trinajstić information content (AvgIpc) is 2.80. The summed E-state index contributed by atoms with van der Waals surface area (Å²) in [6.07, 6.45) is 4.03. The summed E-state index contributed by atoms with van der Waals surface area (Å²) in [6, 6.07) is 7.35. The molecule has 1 aromatic heterocycles. The zero-order valence-electron chi connectivity index (χ0n) is 10.7. The third kappa shape index (κ3) is 2.56. The highest BCUT2D eigenvalue weighted by atomic mass is 15.3. The molecule has 18 heavy (non-hydrogen) atoms. The third-order valence-corrected chi connectivity index (χ3v) is 2.77. The molecule has 0 amide bonds. The van der Waals surface area contributed by atoms with E-state index in [0.29, 0.717) is 0 Å². The number of hydrogen-bond donors (Lipinski definition) is 1. The van der Waals surface area contributed by atoms with E-state index in [9.17, 15) is 0 Å². The first-order valence-electron chi connectivity index (χ1n) is 6.10. The summed E-state index contributed by atoms with van der Waals surface area (Å²) in [6.45, 7) is 5.93. The van der Waals surface area contributed by atoms with Crippen molar-refractivity contribution in [3.63, 3.8) is 0 Å². The molecule has 0 aliphatic heterocycles. The molecule has 1 heterocycles. The maximum atomic E-state index is 5.63. The standard InChI is InChI=1S/C13H17N5/c1-3-17-9-10-18(4-2)13(17)16-15-12-7-5-11(14)6-8-12/h5-10,14H,3-4H2,1-2H3/p+1. The molecule has 1 aromatic carbocycles. The fraction of sp³-hybridized carbons (Fsp3) is 0.308. The van der Waals surface area contributed by atoms with E-state index >= 15 is 0 Å². The van der Waals surface area contributed by atoms with Crippen LogP contribution in [0.5, 0.6) is 0 Å². The van der Waals surface area contributed by atoms with Crippen LogP contribution in [0.1, 0.15) is 13.8 Å². The maximum Gasteiger partial charge on any atom is 0.421 e. The molecular weight excluding hydrogens is 226 g/mol. The monoisotopic (exact) mass is 244 g/mol. The van der Waals surface area contributed by atoms with Gasteiger partial charge in [-0.3, -0.25) is 0 Å². The lowest BCUT2D eigenvalue weighted by Crippen LogP contribution is -2.30. The van der Waals surface area contributed by atoms with Crippen LogP contribution in [0.2, 0.25) is 0 Å². The Kier molecular flexibility index (Phi) is 3.72. The first kappa shape index (κ1) is 12.3. The van der Waals surface area contributed by atoms with E-state index in [-0.39, 0.29) is 0 Å². The Labute approximate surface area is 107 Å². The van der Waals surface area contributed by atoms with Crippen molar-refractivity contribution < 1.29 is 4.57 Å². The summed E-state index contributed by atoms with van der Waals surface area (Å²) in [5, 5.41) is 8.55. The van der Waals surface area contributed by atoms with Crippen molar-refractivity contribution in [2.24, 2.45) is 10.2 Å². The maximum absolute atomic E-state index is 5.63. The van der Waals surface area contributed by atoms with Gasteiger partial charge in [0.25, 0.3) is 0 Å². The number of hydrogen-bond acceptors (Lipinski definition) is 3. The first-order chi connectivity index (χ1) is 8.74. The average molecular weight is 244 g/mol. The van der Waals surface area contributed by atoms with Crippen molar-refractivity contribution in [2.45, 2.75) is 26.9 Å². The van der Waals surface area contributed by atoms with Crippen LogP contribution in [0.3, 0.4) is 0 Å². The summed E-state index contributed by atoms with van der Waals surface area (Å²) >= 11 is 0. The summed E-state index contributed by atoms with van der Waals surface area (Å²) in [5.41, 5.74) is 7.16. The lowest BCUT2D eigenvalue weighted by molar-refractivity contribution is -0.680. The molecule has 0 unspecified atom stereocenters. The van der Waals surface area contributed by atoms with E-state index in [0.717, 1.165) is 30.4 Å². The number of anilines is 1. The highest BCUT2D eigenvalue weighted by Gasteiger charge is 2.14. The largest absolute Gasteiger partial charge is 0.421 e. The molecule has 0 bridgehead atoms. The topological polar surface area (TPSA) is 59.5 Å². The SMILES string of the molecule is CCn1cc[n+](CC)c1N=Nc1ccc(N)cc1. The predicted molar refractivity (Wildman–Crippen MR) is 71.0 cm³/mol. The Morgan fingerprint density at radius 3 is 2.50 bits per heavy atom. The first-order valence-corrected chi connectivity index (χ1v) is 6.10. The van der Waals surface area contributed by atoms with Crippen LogP contribution in [-0.4, -0.2) is 4.57 Å². The van der Waals surface area contributed by atoms with Crippen LogP contribution in [0.25, 0.3) is 0 Å². The van der Waals surface area contributed by atoms with Gasteiger partial charge in [0.05, 0.1) is 25.5 Å². The van der Waals surface area contributed by atoms with Gasteiger partial charge in [0, 0.05) is 10.8 Å². The fourth-order valence-electron chi connectivity index (χ4n) is 1.71. The van der Waals surface area contributed by atoms with E-state index in [1.807, 2.05) is 36.7 Å². The lowest BCUT2D eigenvalue weighted by Gasteiger charge is -1.95. The van der Waals surface area contributed by atoms with E-state index < -0.39 is 0 Å². The van der Waals surface area contributed by atoms with Gasteiger partial charge in [0.15, 0.2) is 0 Å². The smallest absolute Gasteiger partial charge is 0.399 e. The molecule has 0 fully saturated rings. The second-order valence-corrected chi connectivity index (χ2v) is 3.96. The second kappa shape index (κ2) is 5.44. The molecule has 2 rings (SSSR count). The highest BCUT2D eigenvalue weighted by Crippen LogP contribution is 2.17. The number of nitrogens with zero attached hydrogens (tertiary/aromatic N) is 4. The van der Waals surface area contributed by atoms with Gasteiger partial charge >= 0.3 is 5.95 Å². The number of azo groups is 1. The number of benzene rings is 1. The zero-order chi connectivity index (χ0) is 13.0. The van der Waals surface area contributed by atoms with Gasteiger partial charge < -0.3 is 5.73 Å². The van der Waals surface area contributed by atoms with Crippen LogP contribution in [0, 0.1) is 0 Å². The van der Waals surface area contributed by atoms with Gasteiger partial charge in [-0.05, 0) is 38.1 Å². The normalized spacial score (nSPS) is 11.2. The zero-order valence-corrected chi connectivity index (χ0v) is 10.7. The molecule has 2 aromatic rings. The molecule has 0 aliphatic carbocycles. The minimum absolute atomic E-state index is 0.731. The molecule has 0 atom stereocenters. The number of rotatable bonds is 4. The molecule has 5 nitrogen and oxygen atoms in total. The Bertz CT molecular complexity index is 518. The van der Waals surface area contributed by atoms with Gasteiger partial charge in [-0.1, -0.05) is 5.11 Å². The Balaban J connectivity index is 2.27. The summed E-state index contributed by atoms with van der Waals surface area (Å²) in [5.74, 6) is 0.858. The molecule has 0 aliphatic rings.